The first kappa shape index (κ1) is 20.1. The number of hydrogen-bond acceptors (Lipinski definition) is 4. The van der Waals surface area contributed by atoms with Crippen LogP contribution in [-0.2, 0) is 14.2 Å². The van der Waals surface area contributed by atoms with Gasteiger partial charge in [-0.3, -0.25) is 4.90 Å². The summed E-state index contributed by atoms with van der Waals surface area (Å²) in [4.78, 5) is 2.44. The zero-order valence-corrected chi connectivity index (χ0v) is 16.1. The molecule has 1 aliphatic carbocycles. The molecule has 0 aromatic carbocycles. The number of halogens is 1. The minimum Gasteiger partial charge on any atom is -0.377 e. The Morgan fingerprint density at radius 1 is 1.12 bits per heavy atom. The molecule has 1 heterocycles. The van der Waals surface area contributed by atoms with E-state index in [0.29, 0.717) is 32.1 Å². The summed E-state index contributed by atoms with van der Waals surface area (Å²) in [6.45, 7) is 13.8. The van der Waals surface area contributed by atoms with Crippen LogP contribution in [0.4, 0.5) is 4.39 Å². The zero-order valence-electron chi connectivity index (χ0n) is 16.1. The fourth-order valence-electron chi connectivity index (χ4n) is 3.78. The highest BCUT2D eigenvalue weighted by atomic mass is 19.1. The first-order chi connectivity index (χ1) is 11.2. The van der Waals surface area contributed by atoms with E-state index in [1.165, 1.54) is 0 Å². The lowest BCUT2D eigenvalue weighted by molar-refractivity contribution is -0.133. The number of alkyl halides is 1. The Bertz CT molecular complexity index is 362. The third-order valence-electron chi connectivity index (χ3n) is 4.97. The monoisotopic (exact) mass is 345 g/mol. The first-order valence-corrected chi connectivity index (χ1v) is 9.54. The number of morpholine rings is 1. The van der Waals surface area contributed by atoms with Gasteiger partial charge in [0.2, 0.25) is 0 Å². The van der Waals surface area contributed by atoms with Gasteiger partial charge in [0.05, 0.1) is 37.1 Å². The van der Waals surface area contributed by atoms with Gasteiger partial charge in [0.25, 0.3) is 0 Å². The Morgan fingerprint density at radius 3 is 2.29 bits per heavy atom. The Morgan fingerprint density at radius 2 is 1.71 bits per heavy atom. The fraction of sp³-hybridized carbons (Fsp3) is 1.00. The molecule has 1 saturated carbocycles. The van der Waals surface area contributed by atoms with Crippen molar-refractivity contribution in [2.24, 2.45) is 0 Å². The van der Waals surface area contributed by atoms with E-state index < -0.39 is 6.17 Å². The highest BCUT2D eigenvalue weighted by molar-refractivity contribution is 4.79. The first-order valence-electron chi connectivity index (χ1n) is 9.54. The van der Waals surface area contributed by atoms with Crippen LogP contribution in [0.1, 0.15) is 60.3 Å². The van der Waals surface area contributed by atoms with Crippen molar-refractivity contribution >= 4 is 0 Å². The van der Waals surface area contributed by atoms with Gasteiger partial charge in [-0.2, -0.15) is 0 Å². The quantitative estimate of drug-likeness (QED) is 0.706. The average molecular weight is 345 g/mol. The molecule has 0 spiro atoms. The molecule has 1 aliphatic heterocycles. The third-order valence-corrected chi connectivity index (χ3v) is 4.97. The lowest BCUT2D eigenvalue weighted by Crippen LogP contribution is -2.50. The highest BCUT2D eigenvalue weighted by Crippen LogP contribution is 2.27. The highest BCUT2D eigenvalue weighted by Gasteiger charge is 2.29. The van der Waals surface area contributed by atoms with Crippen LogP contribution in [0.3, 0.4) is 0 Å². The molecule has 5 heteroatoms. The van der Waals surface area contributed by atoms with Crippen LogP contribution in [0.5, 0.6) is 0 Å². The zero-order chi connectivity index (χ0) is 17.7. The molecule has 0 radical (unpaired) electrons. The lowest BCUT2D eigenvalue weighted by Gasteiger charge is -2.39. The van der Waals surface area contributed by atoms with Crippen molar-refractivity contribution in [3.63, 3.8) is 0 Å². The summed E-state index contributed by atoms with van der Waals surface area (Å²) in [7, 11) is 0. The Balaban J connectivity index is 1.68. The standard InChI is InChI=1S/C19H36FNO3/c1-14(21-10-15(2)23-16(3)11-21)12-22-13-19(4,5)24-18-8-6-17(20)7-9-18/h14-18H,6-13H2,1-5H3/t14-,15?,16?,17?,18?/m1/s1. The molecule has 3 atom stereocenters. The van der Waals surface area contributed by atoms with Gasteiger partial charge < -0.3 is 14.2 Å². The minimum atomic E-state index is -0.636. The van der Waals surface area contributed by atoms with E-state index in [1.807, 2.05) is 0 Å². The maximum absolute atomic E-state index is 13.2. The van der Waals surface area contributed by atoms with Gasteiger partial charge in [-0.05, 0) is 60.3 Å². The third kappa shape index (κ3) is 6.58. The molecule has 0 N–H and O–H groups in total. The average Bonchev–Trinajstić information content (AvgIpc) is 2.48. The molecular weight excluding hydrogens is 309 g/mol. The molecule has 1 saturated heterocycles. The van der Waals surface area contributed by atoms with Gasteiger partial charge in [0, 0.05) is 19.1 Å². The van der Waals surface area contributed by atoms with Crippen LogP contribution < -0.4 is 0 Å². The van der Waals surface area contributed by atoms with Crippen molar-refractivity contribution in [1.82, 2.24) is 4.90 Å². The van der Waals surface area contributed by atoms with Crippen molar-refractivity contribution in [3.05, 3.63) is 0 Å². The maximum Gasteiger partial charge on any atom is 0.100 e. The van der Waals surface area contributed by atoms with Gasteiger partial charge in [0.1, 0.15) is 6.17 Å². The van der Waals surface area contributed by atoms with Crippen molar-refractivity contribution < 1.29 is 18.6 Å². The van der Waals surface area contributed by atoms with Crippen molar-refractivity contribution in [3.8, 4) is 0 Å². The smallest absolute Gasteiger partial charge is 0.100 e. The largest absolute Gasteiger partial charge is 0.377 e. The molecule has 2 fully saturated rings. The van der Waals surface area contributed by atoms with E-state index in [9.17, 15) is 4.39 Å². The molecule has 0 aromatic heterocycles. The van der Waals surface area contributed by atoms with Gasteiger partial charge in [0.15, 0.2) is 0 Å². The maximum atomic E-state index is 13.2. The summed E-state index contributed by atoms with van der Waals surface area (Å²) in [6, 6.07) is 0.372. The van der Waals surface area contributed by atoms with Crippen LogP contribution in [0.15, 0.2) is 0 Å². The molecule has 0 bridgehead atoms. The molecule has 24 heavy (non-hydrogen) atoms. The topological polar surface area (TPSA) is 30.9 Å². The van der Waals surface area contributed by atoms with Crippen LogP contribution in [0.2, 0.25) is 0 Å². The van der Waals surface area contributed by atoms with Crippen molar-refractivity contribution in [1.29, 1.82) is 0 Å². The van der Waals surface area contributed by atoms with Crippen LogP contribution >= 0.6 is 0 Å². The molecule has 4 nitrogen and oxygen atoms in total. The van der Waals surface area contributed by atoms with E-state index >= 15 is 0 Å². The predicted molar refractivity (Wildman–Crippen MR) is 94.2 cm³/mol. The van der Waals surface area contributed by atoms with E-state index in [1.54, 1.807) is 0 Å². The van der Waals surface area contributed by atoms with Crippen LogP contribution in [0.25, 0.3) is 0 Å². The Labute approximate surface area is 147 Å². The van der Waals surface area contributed by atoms with Gasteiger partial charge in [-0.1, -0.05) is 0 Å². The van der Waals surface area contributed by atoms with E-state index in [-0.39, 0.29) is 23.9 Å². The fourth-order valence-corrected chi connectivity index (χ4v) is 3.78. The summed E-state index contributed by atoms with van der Waals surface area (Å²) in [5, 5.41) is 0. The second-order valence-corrected chi connectivity index (χ2v) is 8.33. The predicted octanol–water partition coefficient (Wildman–Crippen LogP) is 3.58. The van der Waals surface area contributed by atoms with E-state index in [0.717, 1.165) is 25.9 Å². The molecule has 0 amide bonds. The summed E-state index contributed by atoms with van der Waals surface area (Å²) < 4.78 is 31.1. The number of hydrogen-bond donors (Lipinski definition) is 0. The minimum absolute atomic E-state index is 0.175. The molecule has 2 aliphatic rings. The number of ether oxygens (including phenoxy) is 3. The van der Waals surface area contributed by atoms with E-state index in [2.05, 4.69) is 39.5 Å². The second-order valence-electron chi connectivity index (χ2n) is 8.33. The SMILES string of the molecule is CC1CN([C@H](C)COCC(C)(C)OC2CCC(F)CC2)CC(C)O1. The normalized spacial score (nSPS) is 34.2. The molecule has 0 aromatic rings. The molecule has 2 rings (SSSR count). The van der Waals surface area contributed by atoms with E-state index in [4.69, 9.17) is 14.2 Å². The Kier molecular flexibility index (Phi) is 7.47. The summed E-state index contributed by atoms with van der Waals surface area (Å²) in [5.74, 6) is 0. The number of nitrogens with zero attached hydrogens (tertiary/aromatic N) is 1. The van der Waals surface area contributed by atoms with Gasteiger partial charge in [-0.15, -0.1) is 0 Å². The van der Waals surface area contributed by atoms with Crippen LogP contribution in [-0.4, -0.2) is 67.3 Å². The number of rotatable bonds is 7. The Hall–Kier alpha value is -0.230. The summed E-state index contributed by atoms with van der Waals surface area (Å²) >= 11 is 0. The second kappa shape index (κ2) is 8.93. The molecule has 142 valence electrons. The van der Waals surface area contributed by atoms with Crippen molar-refractivity contribution in [2.75, 3.05) is 26.3 Å². The van der Waals surface area contributed by atoms with Gasteiger partial charge >= 0.3 is 0 Å². The molecular formula is C19H36FNO3. The lowest BCUT2D eigenvalue weighted by atomic mass is 9.95. The van der Waals surface area contributed by atoms with Gasteiger partial charge in [-0.25, -0.2) is 4.39 Å². The molecule has 2 unspecified atom stereocenters. The van der Waals surface area contributed by atoms with Crippen molar-refractivity contribution in [2.45, 2.75) is 96.4 Å². The summed E-state index contributed by atoms with van der Waals surface area (Å²) in [5.41, 5.74) is -0.320. The summed E-state index contributed by atoms with van der Waals surface area (Å²) in [6.07, 6.45) is 3.01. The van der Waals surface area contributed by atoms with Crippen LogP contribution in [0, 0.1) is 0 Å².